The maximum Gasteiger partial charge on any atom is 0.231 e. The van der Waals surface area contributed by atoms with E-state index in [-0.39, 0.29) is 24.2 Å². The van der Waals surface area contributed by atoms with Crippen molar-refractivity contribution in [1.29, 1.82) is 0 Å². The third-order valence-corrected chi connectivity index (χ3v) is 3.75. The van der Waals surface area contributed by atoms with Crippen LogP contribution in [0.15, 0.2) is 24.3 Å². The molecule has 0 saturated carbocycles. The van der Waals surface area contributed by atoms with E-state index in [1.165, 1.54) is 0 Å². The summed E-state index contributed by atoms with van der Waals surface area (Å²) >= 11 is 0. The summed E-state index contributed by atoms with van der Waals surface area (Å²) in [7, 11) is 0. The van der Waals surface area contributed by atoms with Crippen molar-refractivity contribution in [2.75, 3.05) is 18.8 Å². The van der Waals surface area contributed by atoms with E-state index < -0.39 is 0 Å². The summed E-state index contributed by atoms with van der Waals surface area (Å²) in [6.45, 7) is 5.79. The van der Waals surface area contributed by atoms with Gasteiger partial charge in [-0.05, 0) is 44.4 Å². The molecule has 1 aliphatic heterocycles. The molecule has 4 N–H and O–H groups in total. The maximum atomic E-state index is 11.3. The zero-order chi connectivity index (χ0) is 15.5. The Kier molecular flexibility index (Phi) is 4.85. The molecule has 1 unspecified atom stereocenters. The molecule has 0 bridgehead atoms. The third-order valence-electron chi connectivity index (χ3n) is 3.75. The van der Waals surface area contributed by atoms with Gasteiger partial charge in [0.05, 0.1) is 18.2 Å². The van der Waals surface area contributed by atoms with Crippen molar-refractivity contribution >= 4 is 11.6 Å². The van der Waals surface area contributed by atoms with Gasteiger partial charge in [0.15, 0.2) is 0 Å². The number of rotatable bonds is 6. The molecule has 1 saturated heterocycles. The van der Waals surface area contributed by atoms with E-state index in [1.54, 1.807) is 0 Å². The number of anilines is 1. The Labute approximate surface area is 126 Å². The second-order valence-corrected chi connectivity index (χ2v) is 6.42. The first-order chi connectivity index (χ1) is 9.84. The molecule has 1 aromatic carbocycles. The SMILES string of the molecule is CC1(C)CCC(CN(CC(N)=O)Cc2cccc(N)c2)O1. The Bertz CT molecular complexity index is 502. The zero-order valence-electron chi connectivity index (χ0n) is 12.8. The fourth-order valence-corrected chi connectivity index (χ4v) is 2.85. The molecule has 1 aromatic rings. The monoisotopic (exact) mass is 291 g/mol. The van der Waals surface area contributed by atoms with Gasteiger partial charge >= 0.3 is 0 Å². The van der Waals surface area contributed by atoms with Gasteiger partial charge in [-0.3, -0.25) is 9.69 Å². The highest BCUT2D eigenvalue weighted by Gasteiger charge is 2.32. The van der Waals surface area contributed by atoms with E-state index in [0.717, 1.165) is 24.1 Å². The molecule has 1 aliphatic rings. The van der Waals surface area contributed by atoms with Gasteiger partial charge in [-0.15, -0.1) is 0 Å². The number of nitrogens with zero attached hydrogens (tertiary/aromatic N) is 1. The lowest BCUT2D eigenvalue weighted by atomic mass is 10.1. The van der Waals surface area contributed by atoms with Crippen LogP contribution in [-0.2, 0) is 16.1 Å². The largest absolute Gasteiger partial charge is 0.399 e. The predicted octanol–water partition coefficient (Wildman–Crippen LogP) is 1.51. The molecule has 1 amide bonds. The van der Waals surface area contributed by atoms with Crippen LogP contribution in [0.4, 0.5) is 5.69 Å². The lowest BCUT2D eigenvalue weighted by molar-refractivity contribution is -0.119. The smallest absolute Gasteiger partial charge is 0.231 e. The molecule has 5 heteroatoms. The minimum absolute atomic E-state index is 0.0692. The van der Waals surface area contributed by atoms with Crippen LogP contribution in [-0.4, -0.2) is 35.6 Å². The Morgan fingerprint density at radius 2 is 2.24 bits per heavy atom. The molecule has 0 radical (unpaired) electrons. The van der Waals surface area contributed by atoms with E-state index in [0.29, 0.717) is 13.1 Å². The topological polar surface area (TPSA) is 81.6 Å². The number of carbonyl (C=O) groups is 1. The predicted molar refractivity (Wildman–Crippen MR) is 83.5 cm³/mol. The number of amides is 1. The highest BCUT2D eigenvalue weighted by atomic mass is 16.5. The summed E-state index contributed by atoms with van der Waals surface area (Å²) in [4.78, 5) is 13.3. The summed E-state index contributed by atoms with van der Waals surface area (Å²) in [6.07, 6.45) is 2.21. The number of hydrogen-bond donors (Lipinski definition) is 2. The van der Waals surface area contributed by atoms with Crippen molar-refractivity contribution in [2.24, 2.45) is 5.73 Å². The number of nitrogen functional groups attached to an aromatic ring is 1. The van der Waals surface area contributed by atoms with Crippen molar-refractivity contribution in [3.63, 3.8) is 0 Å². The fourth-order valence-electron chi connectivity index (χ4n) is 2.85. The molecule has 1 heterocycles. The molecule has 2 rings (SSSR count). The Balaban J connectivity index is 1.99. The fraction of sp³-hybridized carbons (Fsp3) is 0.562. The second-order valence-electron chi connectivity index (χ2n) is 6.42. The van der Waals surface area contributed by atoms with Gasteiger partial charge in [-0.25, -0.2) is 0 Å². The van der Waals surface area contributed by atoms with E-state index in [2.05, 4.69) is 13.8 Å². The highest BCUT2D eigenvalue weighted by Crippen LogP contribution is 2.29. The van der Waals surface area contributed by atoms with Crippen LogP contribution in [0.25, 0.3) is 0 Å². The molecule has 116 valence electrons. The Hall–Kier alpha value is -1.59. The first-order valence-electron chi connectivity index (χ1n) is 7.37. The maximum absolute atomic E-state index is 11.3. The molecule has 1 fully saturated rings. The van der Waals surface area contributed by atoms with Crippen LogP contribution in [0.3, 0.4) is 0 Å². The van der Waals surface area contributed by atoms with Crippen molar-refractivity contribution in [3.05, 3.63) is 29.8 Å². The quantitative estimate of drug-likeness (QED) is 0.778. The lowest BCUT2D eigenvalue weighted by Gasteiger charge is -2.26. The van der Waals surface area contributed by atoms with Crippen LogP contribution in [0.2, 0.25) is 0 Å². The number of nitrogens with two attached hydrogens (primary N) is 2. The van der Waals surface area contributed by atoms with Crippen molar-refractivity contribution < 1.29 is 9.53 Å². The first-order valence-corrected chi connectivity index (χ1v) is 7.37. The van der Waals surface area contributed by atoms with E-state index >= 15 is 0 Å². The summed E-state index contributed by atoms with van der Waals surface area (Å²) < 4.78 is 6.00. The van der Waals surface area contributed by atoms with Gasteiger partial charge in [0.25, 0.3) is 0 Å². The molecule has 5 nitrogen and oxygen atoms in total. The van der Waals surface area contributed by atoms with Gasteiger partial charge in [0.2, 0.25) is 5.91 Å². The van der Waals surface area contributed by atoms with Gasteiger partial charge in [0.1, 0.15) is 0 Å². The standard InChI is InChI=1S/C16H25N3O2/c1-16(2)7-6-14(21-16)10-19(11-15(18)20)9-12-4-3-5-13(17)8-12/h3-5,8,14H,6-7,9-11,17H2,1-2H3,(H2,18,20). The minimum atomic E-state index is -0.323. The second kappa shape index (κ2) is 6.45. The van der Waals surface area contributed by atoms with Crippen molar-refractivity contribution in [2.45, 2.75) is 44.9 Å². The number of ether oxygens (including phenoxy) is 1. The normalized spacial score (nSPS) is 20.8. The van der Waals surface area contributed by atoms with Crippen LogP contribution >= 0.6 is 0 Å². The average Bonchev–Trinajstić information content (AvgIpc) is 2.67. The first kappa shape index (κ1) is 15.8. The highest BCUT2D eigenvalue weighted by molar-refractivity contribution is 5.75. The van der Waals surface area contributed by atoms with Gasteiger partial charge in [-0.2, -0.15) is 0 Å². The average molecular weight is 291 g/mol. The summed E-state index contributed by atoms with van der Waals surface area (Å²) in [5.41, 5.74) is 12.9. The Morgan fingerprint density at radius 3 is 2.81 bits per heavy atom. The van der Waals surface area contributed by atoms with Crippen molar-refractivity contribution in [1.82, 2.24) is 4.90 Å². The number of primary amides is 1. The van der Waals surface area contributed by atoms with Crippen LogP contribution in [0.5, 0.6) is 0 Å². The summed E-state index contributed by atoms with van der Waals surface area (Å²) in [5, 5.41) is 0. The summed E-state index contributed by atoms with van der Waals surface area (Å²) in [6, 6.07) is 7.70. The summed E-state index contributed by atoms with van der Waals surface area (Å²) in [5.74, 6) is -0.323. The molecular weight excluding hydrogens is 266 g/mol. The molecule has 0 aliphatic carbocycles. The van der Waals surface area contributed by atoms with E-state index in [1.807, 2.05) is 29.2 Å². The van der Waals surface area contributed by atoms with E-state index in [9.17, 15) is 4.79 Å². The Morgan fingerprint density at radius 1 is 1.48 bits per heavy atom. The minimum Gasteiger partial charge on any atom is -0.399 e. The molecule has 0 aromatic heterocycles. The molecule has 21 heavy (non-hydrogen) atoms. The molecule has 1 atom stereocenters. The van der Waals surface area contributed by atoms with Crippen molar-refractivity contribution in [3.8, 4) is 0 Å². The van der Waals surface area contributed by atoms with Crippen LogP contribution < -0.4 is 11.5 Å². The zero-order valence-corrected chi connectivity index (χ0v) is 12.8. The number of carbonyl (C=O) groups excluding carboxylic acids is 1. The van der Waals surface area contributed by atoms with Crippen LogP contribution in [0.1, 0.15) is 32.3 Å². The van der Waals surface area contributed by atoms with Crippen LogP contribution in [0, 0.1) is 0 Å². The van der Waals surface area contributed by atoms with Gasteiger partial charge in [-0.1, -0.05) is 12.1 Å². The van der Waals surface area contributed by atoms with E-state index in [4.69, 9.17) is 16.2 Å². The van der Waals surface area contributed by atoms with Gasteiger partial charge in [0, 0.05) is 18.8 Å². The number of hydrogen-bond acceptors (Lipinski definition) is 4. The lowest BCUT2D eigenvalue weighted by Crippen LogP contribution is -2.39. The molecule has 0 spiro atoms. The third kappa shape index (κ3) is 5.02. The number of benzene rings is 1. The van der Waals surface area contributed by atoms with Gasteiger partial charge < -0.3 is 16.2 Å². The molecular formula is C16H25N3O2.